The molecule has 2 heterocycles. The summed E-state index contributed by atoms with van der Waals surface area (Å²) < 4.78 is 39.5. The zero-order valence-electron chi connectivity index (χ0n) is 19.1. The van der Waals surface area contributed by atoms with Crippen LogP contribution >= 0.6 is 0 Å². The fourth-order valence-electron chi connectivity index (χ4n) is 4.14. The van der Waals surface area contributed by atoms with Crippen molar-refractivity contribution in [2.75, 3.05) is 17.7 Å². The fourth-order valence-corrected chi connectivity index (χ4v) is 4.14. The van der Waals surface area contributed by atoms with Gasteiger partial charge in [0.25, 0.3) is 0 Å². The second kappa shape index (κ2) is 10.7. The van der Waals surface area contributed by atoms with E-state index in [1.165, 1.54) is 18.2 Å². The van der Waals surface area contributed by atoms with Crippen LogP contribution in [-0.2, 0) is 17.5 Å². The first-order valence-electron chi connectivity index (χ1n) is 11.4. The molecule has 1 aromatic carbocycles. The van der Waals surface area contributed by atoms with Crippen molar-refractivity contribution in [2.24, 2.45) is 5.92 Å². The van der Waals surface area contributed by atoms with Crippen LogP contribution in [0.3, 0.4) is 0 Å². The van der Waals surface area contributed by atoms with Gasteiger partial charge >= 0.3 is 6.18 Å². The Morgan fingerprint density at radius 2 is 1.74 bits per heavy atom. The van der Waals surface area contributed by atoms with Gasteiger partial charge in [0.05, 0.1) is 5.56 Å². The van der Waals surface area contributed by atoms with Crippen molar-refractivity contribution in [3.05, 3.63) is 59.9 Å². The summed E-state index contributed by atoms with van der Waals surface area (Å²) in [4.78, 5) is 30.0. The van der Waals surface area contributed by atoms with Gasteiger partial charge in [-0.1, -0.05) is 18.2 Å². The molecular weight excluding hydrogens is 459 g/mol. The van der Waals surface area contributed by atoms with Crippen LogP contribution in [0.1, 0.15) is 36.8 Å². The number of carbonyl (C=O) groups excluding carboxylic acids is 1. The molecule has 0 spiro atoms. The normalized spacial score (nSPS) is 18.1. The first-order chi connectivity index (χ1) is 16.8. The topological polar surface area (TPSA) is 105 Å². The predicted molar refractivity (Wildman–Crippen MR) is 125 cm³/mol. The number of pyridine rings is 1. The highest BCUT2D eigenvalue weighted by molar-refractivity contribution is 5.78. The fraction of sp³-hybridized carbons (Fsp3) is 0.375. The average molecular weight is 486 g/mol. The molecule has 35 heavy (non-hydrogen) atoms. The van der Waals surface area contributed by atoms with E-state index < -0.39 is 11.7 Å². The number of alkyl halides is 3. The molecule has 0 radical (unpaired) electrons. The van der Waals surface area contributed by atoms with Crippen LogP contribution in [0.2, 0.25) is 0 Å². The molecule has 11 heteroatoms. The molecule has 184 valence electrons. The van der Waals surface area contributed by atoms with E-state index >= 15 is 0 Å². The number of amides is 1. The third kappa shape index (κ3) is 6.23. The first-order valence-corrected chi connectivity index (χ1v) is 11.4. The van der Waals surface area contributed by atoms with Gasteiger partial charge in [-0.05, 0) is 49.4 Å². The van der Waals surface area contributed by atoms with Gasteiger partial charge in [0.15, 0.2) is 5.82 Å². The summed E-state index contributed by atoms with van der Waals surface area (Å²) >= 11 is 0. The Morgan fingerprint density at radius 1 is 1.00 bits per heavy atom. The summed E-state index contributed by atoms with van der Waals surface area (Å²) in [5.74, 6) is 0.876. The largest absolute Gasteiger partial charge is 0.416 e. The molecule has 3 aromatic rings. The number of carbonyl (C=O) groups is 1. The smallest absolute Gasteiger partial charge is 0.357 e. The van der Waals surface area contributed by atoms with Crippen molar-refractivity contribution in [3.63, 3.8) is 0 Å². The van der Waals surface area contributed by atoms with E-state index in [1.807, 2.05) is 6.07 Å². The lowest BCUT2D eigenvalue weighted by Gasteiger charge is -2.28. The van der Waals surface area contributed by atoms with Gasteiger partial charge in [-0.25, -0.2) is 0 Å². The van der Waals surface area contributed by atoms with Crippen molar-refractivity contribution in [1.82, 2.24) is 25.3 Å². The van der Waals surface area contributed by atoms with E-state index in [2.05, 4.69) is 35.9 Å². The molecule has 1 saturated carbocycles. The molecule has 8 nitrogen and oxygen atoms in total. The number of hydrogen-bond donors (Lipinski definition) is 3. The van der Waals surface area contributed by atoms with Crippen molar-refractivity contribution < 1.29 is 18.0 Å². The summed E-state index contributed by atoms with van der Waals surface area (Å²) in [7, 11) is 1.73. The molecule has 1 amide bonds. The number of aromatic nitrogens is 4. The molecule has 1 aliphatic rings. The van der Waals surface area contributed by atoms with Gasteiger partial charge in [0, 0.05) is 43.5 Å². The third-order valence-electron chi connectivity index (χ3n) is 5.99. The van der Waals surface area contributed by atoms with Crippen LogP contribution in [-0.4, -0.2) is 38.9 Å². The number of anilines is 2. The molecule has 0 bridgehead atoms. The monoisotopic (exact) mass is 485 g/mol. The van der Waals surface area contributed by atoms with Crippen molar-refractivity contribution in [1.29, 1.82) is 0 Å². The SMILES string of the molecule is CNc1nc(NC2CCC(C(=O)NCc3ccccc3C(F)(F)F)CC2)nc(-c2cccnc2)n1. The molecular formula is C24H26F3N7O. The highest BCUT2D eigenvalue weighted by Gasteiger charge is 2.33. The van der Waals surface area contributed by atoms with E-state index in [-0.39, 0.29) is 30.0 Å². The van der Waals surface area contributed by atoms with Gasteiger partial charge in [0.2, 0.25) is 17.8 Å². The number of halogens is 3. The van der Waals surface area contributed by atoms with E-state index in [1.54, 1.807) is 25.5 Å². The second-order valence-corrected chi connectivity index (χ2v) is 8.36. The Labute approximate surface area is 200 Å². The Hall–Kier alpha value is -3.76. The first kappa shape index (κ1) is 24.4. The minimum absolute atomic E-state index is 0.0586. The Morgan fingerprint density at radius 3 is 2.43 bits per heavy atom. The number of hydrogen-bond acceptors (Lipinski definition) is 7. The minimum Gasteiger partial charge on any atom is -0.357 e. The van der Waals surface area contributed by atoms with Crippen LogP contribution in [0, 0.1) is 5.92 Å². The average Bonchev–Trinajstić information content (AvgIpc) is 2.87. The summed E-state index contributed by atoms with van der Waals surface area (Å²) in [5.41, 5.74) is 0.0994. The molecule has 0 aliphatic heterocycles. The number of benzene rings is 1. The molecule has 4 rings (SSSR count). The van der Waals surface area contributed by atoms with Crippen molar-refractivity contribution in [3.8, 4) is 11.4 Å². The second-order valence-electron chi connectivity index (χ2n) is 8.36. The summed E-state index contributed by atoms with van der Waals surface area (Å²) in [5, 5.41) is 8.94. The maximum atomic E-state index is 13.2. The predicted octanol–water partition coefficient (Wildman–Crippen LogP) is 4.28. The number of nitrogens with one attached hydrogen (secondary N) is 3. The molecule has 1 fully saturated rings. The van der Waals surface area contributed by atoms with E-state index in [0.29, 0.717) is 43.4 Å². The molecule has 2 aromatic heterocycles. The van der Waals surface area contributed by atoms with Gasteiger partial charge in [0.1, 0.15) is 0 Å². The van der Waals surface area contributed by atoms with Crippen molar-refractivity contribution in [2.45, 2.75) is 44.4 Å². The highest BCUT2D eigenvalue weighted by Crippen LogP contribution is 2.32. The van der Waals surface area contributed by atoms with Gasteiger partial charge in [-0.15, -0.1) is 0 Å². The zero-order valence-corrected chi connectivity index (χ0v) is 19.1. The number of nitrogens with zero attached hydrogens (tertiary/aromatic N) is 4. The Kier molecular flexibility index (Phi) is 7.42. The lowest BCUT2D eigenvalue weighted by Crippen LogP contribution is -2.36. The maximum absolute atomic E-state index is 13.2. The third-order valence-corrected chi connectivity index (χ3v) is 5.99. The molecule has 0 atom stereocenters. The standard InChI is InChI=1S/C24H26F3N7O/c1-28-22-32-20(17-6-4-12-29-13-17)33-23(34-22)31-18-10-8-15(9-11-18)21(35)30-14-16-5-2-3-7-19(16)24(25,26)27/h2-7,12-13,15,18H,8-11,14H2,1H3,(H,30,35)(H2,28,31,32,33,34). The summed E-state index contributed by atoms with van der Waals surface area (Å²) in [6, 6.07) is 9.03. The van der Waals surface area contributed by atoms with Crippen molar-refractivity contribution >= 4 is 17.8 Å². The molecule has 0 unspecified atom stereocenters. The van der Waals surface area contributed by atoms with Gasteiger partial charge < -0.3 is 16.0 Å². The lowest BCUT2D eigenvalue weighted by atomic mass is 9.85. The van der Waals surface area contributed by atoms with E-state index in [4.69, 9.17) is 0 Å². The maximum Gasteiger partial charge on any atom is 0.416 e. The molecule has 1 aliphatic carbocycles. The highest BCUT2D eigenvalue weighted by atomic mass is 19.4. The van der Waals surface area contributed by atoms with Crippen LogP contribution in [0.25, 0.3) is 11.4 Å². The number of rotatable bonds is 7. The van der Waals surface area contributed by atoms with E-state index in [0.717, 1.165) is 11.6 Å². The molecule has 3 N–H and O–H groups in total. The van der Waals surface area contributed by atoms with Gasteiger partial charge in [-0.3, -0.25) is 9.78 Å². The molecule has 0 saturated heterocycles. The summed E-state index contributed by atoms with van der Waals surface area (Å²) in [6.45, 7) is -0.151. The van der Waals surface area contributed by atoms with Crippen LogP contribution in [0.15, 0.2) is 48.8 Å². The summed E-state index contributed by atoms with van der Waals surface area (Å²) in [6.07, 6.45) is 1.54. The van der Waals surface area contributed by atoms with Crippen LogP contribution in [0.5, 0.6) is 0 Å². The Balaban J connectivity index is 1.33. The lowest BCUT2D eigenvalue weighted by molar-refractivity contribution is -0.138. The van der Waals surface area contributed by atoms with Crippen LogP contribution < -0.4 is 16.0 Å². The van der Waals surface area contributed by atoms with Gasteiger partial charge in [-0.2, -0.15) is 28.1 Å². The van der Waals surface area contributed by atoms with E-state index in [9.17, 15) is 18.0 Å². The van der Waals surface area contributed by atoms with Crippen LogP contribution in [0.4, 0.5) is 25.1 Å². The minimum atomic E-state index is -4.45. The quantitative estimate of drug-likeness (QED) is 0.459. The Bertz CT molecular complexity index is 1150. The zero-order chi connectivity index (χ0) is 24.8.